The van der Waals surface area contributed by atoms with Crippen molar-refractivity contribution in [2.75, 3.05) is 39.6 Å². The van der Waals surface area contributed by atoms with E-state index in [1.807, 2.05) is 34.6 Å². The topological polar surface area (TPSA) is 57.2 Å². The lowest BCUT2D eigenvalue weighted by Gasteiger charge is -2.19. The first kappa shape index (κ1) is 18.8. The molecule has 19 heavy (non-hydrogen) atoms. The van der Waals surface area contributed by atoms with E-state index in [4.69, 9.17) is 18.9 Å². The molecule has 0 spiro atoms. The van der Waals surface area contributed by atoms with Gasteiger partial charge in [0.1, 0.15) is 6.10 Å². The van der Waals surface area contributed by atoms with Crippen LogP contribution in [0.2, 0.25) is 0 Å². The smallest absolute Gasteiger partial charge is 0.101 e. The number of hydrogen-bond donors (Lipinski definition) is 1. The third-order valence-electron chi connectivity index (χ3n) is 2.07. The fraction of sp³-hybridized carbons (Fsp3) is 1.00. The Balaban J connectivity index is 3.22. The van der Waals surface area contributed by atoms with E-state index in [9.17, 15) is 5.11 Å². The summed E-state index contributed by atoms with van der Waals surface area (Å²) in [4.78, 5) is 0. The maximum Gasteiger partial charge on any atom is 0.101 e. The summed E-state index contributed by atoms with van der Waals surface area (Å²) in [5.41, 5.74) is -0.125. The summed E-state index contributed by atoms with van der Waals surface area (Å²) >= 11 is 0. The van der Waals surface area contributed by atoms with E-state index < -0.39 is 6.10 Å². The lowest BCUT2D eigenvalue weighted by atomic mass is 10.2. The van der Waals surface area contributed by atoms with Crippen molar-refractivity contribution in [2.45, 2.75) is 52.4 Å². The zero-order chi connectivity index (χ0) is 14.7. The Labute approximate surface area is 117 Å². The van der Waals surface area contributed by atoms with Crippen LogP contribution in [-0.2, 0) is 18.9 Å². The summed E-state index contributed by atoms with van der Waals surface area (Å²) in [6, 6.07) is 0. The monoisotopic (exact) mass is 278 g/mol. The minimum absolute atomic E-state index is 0.125. The molecule has 0 aromatic carbocycles. The highest BCUT2D eigenvalue weighted by molar-refractivity contribution is 4.58. The van der Waals surface area contributed by atoms with Gasteiger partial charge in [-0.1, -0.05) is 0 Å². The normalized spacial score (nSPS) is 14.1. The SMILES string of the molecule is CC(C)OCC(O)COCCOCCOC(C)(C)C. The van der Waals surface area contributed by atoms with Crippen molar-refractivity contribution in [3.63, 3.8) is 0 Å². The van der Waals surface area contributed by atoms with Crippen molar-refractivity contribution in [1.29, 1.82) is 0 Å². The first-order valence-electron chi connectivity index (χ1n) is 6.90. The van der Waals surface area contributed by atoms with Crippen molar-refractivity contribution in [2.24, 2.45) is 0 Å². The Morgan fingerprint density at radius 1 is 0.895 bits per heavy atom. The van der Waals surface area contributed by atoms with Crippen molar-refractivity contribution in [3.8, 4) is 0 Å². The van der Waals surface area contributed by atoms with Gasteiger partial charge >= 0.3 is 0 Å². The molecule has 1 atom stereocenters. The van der Waals surface area contributed by atoms with E-state index in [1.54, 1.807) is 0 Å². The molecule has 0 aliphatic carbocycles. The molecule has 0 aromatic rings. The molecule has 5 heteroatoms. The van der Waals surface area contributed by atoms with Gasteiger partial charge in [-0.05, 0) is 34.6 Å². The average Bonchev–Trinajstić information content (AvgIpc) is 2.28. The van der Waals surface area contributed by atoms with Crippen LogP contribution in [0.25, 0.3) is 0 Å². The molecule has 5 nitrogen and oxygen atoms in total. The minimum atomic E-state index is -0.577. The Hall–Kier alpha value is -0.200. The van der Waals surface area contributed by atoms with Crippen molar-refractivity contribution in [3.05, 3.63) is 0 Å². The Morgan fingerprint density at radius 3 is 2.05 bits per heavy atom. The van der Waals surface area contributed by atoms with Gasteiger partial charge in [0.2, 0.25) is 0 Å². The maximum absolute atomic E-state index is 9.52. The van der Waals surface area contributed by atoms with Crippen LogP contribution in [0.3, 0.4) is 0 Å². The Bertz CT molecular complexity index is 201. The maximum atomic E-state index is 9.52. The molecule has 0 heterocycles. The van der Waals surface area contributed by atoms with E-state index in [-0.39, 0.29) is 18.3 Å². The van der Waals surface area contributed by atoms with Crippen LogP contribution in [-0.4, -0.2) is 62.6 Å². The summed E-state index contributed by atoms with van der Waals surface area (Å²) in [5, 5.41) is 9.52. The van der Waals surface area contributed by atoms with E-state index in [1.165, 1.54) is 0 Å². The number of rotatable bonds is 11. The highest BCUT2D eigenvalue weighted by Crippen LogP contribution is 2.05. The third-order valence-corrected chi connectivity index (χ3v) is 2.07. The number of ether oxygens (including phenoxy) is 4. The Kier molecular flexibility index (Phi) is 10.5. The molecule has 0 bridgehead atoms. The number of aliphatic hydroxyl groups excluding tert-OH is 1. The summed E-state index contributed by atoms with van der Waals surface area (Å²) < 4.78 is 21.4. The average molecular weight is 278 g/mol. The van der Waals surface area contributed by atoms with Gasteiger partial charge in [-0.3, -0.25) is 0 Å². The van der Waals surface area contributed by atoms with Gasteiger partial charge in [0.05, 0.1) is 51.3 Å². The molecule has 0 rings (SSSR count). The van der Waals surface area contributed by atoms with E-state index in [0.717, 1.165) is 0 Å². The minimum Gasteiger partial charge on any atom is -0.388 e. The van der Waals surface area contributed by atoms with Gasteiger partial charge in [0.25, 0.3) is 0 Å². The van der Waals surface area contributed by atoms with Gasteiger partial charge in [0, 0.05) is 0 Å². The molecule has 0 aliphatic heterocycles. The van der Waals surface area contributed by atoms with E-state index in [0.29, 0.717) is 33.0 Å². The molecule has 0 fully saturated rings. The largest absolute Gasteiger partial charge is 0.388 e. The van der Waals surface area contributed by atoms with Gasteiger partial charge in [0.15, 0.2) is 0 Å². The van der Waals surface area contributed by atoms with Crippen molar-refractivity contribution < 1.29 is 24.1 Å². The molecular weight excluding hydrogens is 248 g/mol. The number of aliphatic hydroxyl groups is 1. The summed E-state index contributed by atoms with van der Waals surface area (Å²) in [6.07, 6.45) is -0.451. The van der Waals surface area contributed by atoms with E-state index >= 15 is 0 Å². The molecular formula is C14H30O5. The molecule has 0 saturated heterocycles. The van der Waals surface area contributed by atoms with Crippen LogP contribution in [0.15, 0.2) is 0 Å². The van der Waals surface area contributed by atoms with Crippen LogP contribution in [0.1, 0.15) is 34.6 Å². The highest BCUT2D eigenvalue weighted by Gasteiger charge is 2.09. The molecule has 1 N–H and O–H groups in total. The second-order valence-electron chi connectivity index (χ2n) is 5.68. The predicted molar refractivity (Wildman–Crippen MR) is 74.4 cm³/mol. The lowest BCUT2D eigenvalue weighted by Crippen LogP contribution is -2.25. The fourth-order valence-electron chi connectivity index (χ4n) is 1.20. The third kappa shape index (κ3) is 15.7. The summed E-state index contributed by atoms with van der Waals surface area (Å²) in [7, 11) is 0. The molecule has 0 saturated carbocycles. The Morgan fingerprint density at radius 2 is 1.47 bits per heavy atom. The predicted octanol–water partition coefficient (Wildman–Crippen LogP) is 1.62. The van der Waals surface area contributed by atoms with Crippen LogP contribution in [0, 0.1) is 0 Å². The van der Waals surface area contributed by atoms with Gasteiger partial charge in [-0.2, -0.15) is 0 Å². The molecule has 0 aromatic heterocycles. The van der Waals surface area contributed by atoms with Gasteiger partial charge in [-0.25, -0.2) is 0 Å². The zero-order valence-corrected chi connectivity index (χ0v) is 13.0. The lowest BCUT2D eigenvalue weighted by molar-refractivity contribution is -0.0584. The van der Waals surface area contributed by atoms with Gasteiger partial charge < -0.3 is 24.1 Å². The first-order chi connectivity index (χ1) is 8.81. The molecule has 0 amide bonds. The van der Waals surface area contributed by atoms with Crippen LogP contribution >= 0.6 is 0 Å². The zero-order valence-electron chi connectivity index (χ0n) is 13.0. The highest BCUT2D eigenvalue weighted by atomic mass is 16.6. The second-order valence-corrected chi connectivity index (χ2v) is 5.68. The molecule has 0 aliphatic rings. The van der Waals surface area contributed by atoms with Crippen LogP contribution in [0.5, 0.6) is 0 Å². The van der Waals surface area contributed by atoms with Crippen LogP contribution in [0.4, 0.5) is 0 Å². The first-order valence-corrected chi connectivity index (χ1v) is 6.90. The number of hydrogen-bond acceptors (Lipinski definition) is 5. The second kappa shape index (κ2) is 10.6. The summed E-state index contributed by atoms with van der Waals surface area (Å²) in [6.45, 7) is 12.6. The van der Waals surface area contributed by atoms with E-state index in [2.05, 4.69) is 0 Å². The standard InChI is InChI=1S/C14H30O5/c1-12(2)18-11-13(15)10-17-7-6-16-8-9-19-14(3,4)5/h12-13,15H,6-11H2,1-5H3. The molecule has 116 valence electrons. The molecule has 1 unspecified atom stereocenters. The van der Waals surface area contributed by atoms with Gasteiger partial charge in [-0.15, -0.1) is 0 Å². The molecule has 0 radical (unpaired) electrons. The van der Waals surface area contributed by atoms with Crippen LogP contribution < -0.4 is 0 Å². The van der Waals surface area contributed by atoms with Crippen molar-refractivity contribution in [1.82, 2.24) is 0 Å². The summed E-state index contributed by atoms with van der Waals surface area (Å²) in [5.74, 6) is 0. The quantitative estimate of drug-likeness (QED) is 0.582. The van der Waals surface area contributed by atoms with Crippen molar-refractivity contribution >= 4 is 0 Å². The fourth-order valence-corrected chi connectivity index (χ4v) is 1.20.